The summed E-state index contributed by atoms with van der Waals surface area (Å²) in [5.74, 6) is -0.171. The quantitative estimate of drug-likeness (QED) is 0.344. The average molecular weight is 504 g/mol. The van der Waals surface area contributed by atoms with Crippen LogP contribution in [0.15, 0.2) is 72.8 Å². The van der Waals surface area contributed by atoms with E-state index in [9.17, 15) is 14.0 Å². The molecule has 4 rings (SSSR count). The van der Waals surface area contributed by atoms with E-state index in [1.165, 1.54) is 33.8 Å². The topological polar surface area (TPSA) is 89.3 Å². The van der Waals surface area contributed by atoms with Gasteiger partial charge in [0.25, 0.3) is 0 Å². The molecule has 2 amide bonds. The fraction of sp³-hybridized carbons (Fsp3) is 0.286. The maximum Gasteiger partial charge on any atom is 0.249 e. The van der Waals surface area contributed by atoms with Crippen molar-refractivity contribution < 1.29 is 18.7 Å². The molecule has 0 bridgehead atoms. The van der Waals surface area contributed by atoms with E-state index in [2.05, 4.69) is 29.5 Å². The Morgan fingerprint density at radius 1 is 1.03 bits per heavy atom. The molecule has 0 spiro atoms. The molecule has 1 aromatic heterocycles. The minimum Gasteiger partial charge on any atom is -0.497 e. The summed E-state index contributed by atoms with van der Waals surface area (Å²) < 4.78 is 20.6. The monoisotopic (exact) mass is 503 g/mol. The number of amides is 2. The zero-order valence-corrected chi connectivity index (χ0v) is 21.1. The van der Waals surface area contributed by atoms with Gasteiger partial charge >= 0.3 is 0 Å². The van der Waals surface area contributed by atoms with Gasteiger partial charge in [0.05, 0.1) is 12.6 Å². The van der Waals surface area contributed by atoms with Crippen molar-refractivity contribution in [1.29, 1.82) is 0 Å². The van der Waals surface area contributed by atoms with E-state index in [1.807, 2.05) is 24.3 Å². The summed E-state index contributed by atoms with van der Waals surface area (Å²) in [5, 5.41) is 11.2. The van der Waals surface area contributed by atoms with Crippen molar-refractivity contribution in [2.45, 2.75) is 32.9 Å². The molecule has 0 aliphatic heterocycles. The van der Waals surface area contributed by atoms with E-state index >= 15 is 0 Å². The Balaban J connectivity index is 1.76. The molecule has 1 N–H and O–H groups in total. The third-order valence-corrected chi connectivity index (χ3v) is 6.04. The molecule has 37 heavy (non-hydrogen) atoms. The molecule has 0 aliphatic rings. The van der Waals surface area contributed by atoms with E-state index in [1.54, 1.807) is 31.4 Å². The maximum absolute atomic E-state index is 13.9. The molecule has 3 aromatic carbocycles. The Morgan fingerprint density at radius 3 is 2.41 bits per heavy atom. The van der Waals surface area contributed by atoms with Crippen LogP contribution >= 0.6 is 0 Å². The number of carbonyl (C=O) groups is 2. The van der Waals surface area contributed by atoms with E-state index < -0.39 is 11.9 Å². The highest BCUT2D eigenvalue weighted by Gasteiger charge is 2.33. The number of nitrogens with one attached hydrogen (secondary N) is 1. The lowest BCUT2D eigenvalue weighted by molar-refractivity contribution is -0.127. The predicted molar refractivity (Wildman–Crippen MR) is 140 cm³/mol. The fourth-order valence-corrected chi connectivity index (χ4v) is 4.06. The summed E-state index contributed by atoms with van der Waals surface area (Å²) in [6, 6.07) is 18.8. The highest BCUT2D eigenvalue weighted by atomic mass is 19.1. The van der Waals surface area contributed by atoms with Crippen molar-refractivity contribution in [3.8, 4) is 5.75 Å². The number of para-hydroxylation sites is 1. The van der Waals surface area contributed by atoms with E-state index in [4.69, 9.17) is 4.74 Å². The normalized spacial score (nSPS) is 11.9. The lowest BCUT2D eigenvalue weighted by Crippen LogP contribution is -2.45. The van der Waals surface area contributed by atoms with Crippen molar-refractivity contribution in [2.24, 2.45) is 5.92 Å². The van der Waals surface area contributed by atoms with Gasteiger partial charge in [-0.25, -0.2) is 9.07 Å². The lowest BCUT2D eigenvalue weighted by atomic mass is 10.0. The van der Waals surface area contributed by atoms with Crippen LogP contribution in [-0.2, 0) is 16.1 Å². The molecule has 8 nitrogen and oxygen atoms in total. The number of benzene rings is 3. The van der Waals surface area contributed by atoms with E-state index in [0.29, 0.717) is 40.5 Å². The lowest BCUT2D eigenvalue weighted by Gasteiger charge is -2.31. The molecular formula is C28H30FN5O3. The van der Waals surface area contributed by atoms with Crippen molar-refractivity contribution >= 4 is 28.5 Å². The SMILES string of the molecule is COc1ccc(N(C(=O)Cn2nnc3ccccc32)[C@H](C(=O)NCCC(C)C)c2ccc(F)cc2)cc1. The zero-order valence-electron chi connectivity index (χ0n) is 21.1. The molecule has 1 atom stereocenters. The van der Waals surface area contributed by atoms with Crippen molar-refractivity contribution in [1.82, 2.24) is 20.3 Å². The van der Waals surface area contributed by atoms with E-state index in [-0.39, 0.29) is 18.4 Å². The third-order valence-electron chi connectivity index (χ3n) is 6.04. The Morgan fingerprint density at radius 2 is 1.73 bits per heavy atom. The second kappa shape index (κ2) is 11.6. The molecular weight excluding hydrogens is 473 g/mol. The number of rotatable bonds is 10. The van der Waals surface area contributed by atoms with Crippen LogP contribution in [-0.4, -0.2) is 40.5 Å². The first-order chi connectivity index (χ1) is 17.9. The van der Waals surface area contributed by atoms with Gasteiger partial charge in [-0.1, -0.05) is 43.3 Å². The number of anilines is 1. The van der Waals surface area contributed by atoms with Crippen LogP contribution in [0.2, 0.25) is 0 Å². The summed E-state index contributed by atoms with van der Waals surface area (Å²) in [7, 11) is 1.55. The number of fused-ring (bicyclic) bond motifs is 1. The standard InChI is InChI=1S/C28H30FN5O3/c1-19(2)16-17-30-28(36)27(20-8-10-21(29)11-9-20)34(22-12-14-23(37-3)15-13-22)26(35)18-33-25-7-5-4-6-24(25)31-32-33/h4-15,19,27H,16-18H2,1-3H3,(H,30,36)/t27-/m0/s1. The minimum absolute atomic E-state index is 0.149. The molecule has 0 aliphatic carbocycles. The number of carbonyl (C=O) groups excluding carboxylic acids is 2. The van der Waals surface area contributed by atoms with Gasteiger partial charge in [-0.2, -0.15) is 0 Å². The van der Waals surface area contributed by atoms with Crippen molar-refractivity contribution in [3.05, 3.63) is 84.2 Å². The summed E-state index contributed by atoms with van der Waals surface area (Å²) in [4.78, 5) is 29.0. The van der Waals surface area contributed by atoms with Gasteiger partial charge in [0.15, 0.2) is 0 Å². The van der Waals surface area contributed by atoms with Gasteiger partial charge in [0.2, 0.25) is 11.8 Å². The average Bonchev–Trinajstić information content (AvgIpc) is 3.30. The van der Waals surface area contributed by atoms with Gasteiger partial charge in [-0.3, -0.25) is 14.5 Å². The summed E-state index contributed by atoms with van der Waals surface area (Å²) in [6.07, 6.45) is 0.781. The first-order valence-corrected chi connectivity index (χ1v) is 12.1. The predicted octanol–water partition coefficient (Wildman–Crippen LogP) is 4.52. The number of aromatic nitrogens is 3. The first-order valence-electron chi connectivity index (χ1n) is 12.1. The molecule has 9 heteroatoms. The second-order valence-electron chi connectivity index (χ2n) is 9.13. The summed E-state index contributed by atoms with van der Waals surface area (Å²) in [5.41, 5.74) is 2.33. The summed E-state index contributed by atoms with van der Waals surface area (Å²) in [6.45, 7) is 4.44. The number of methoxy groups -OCH3 is 1. The second-order valence-corrected chi connectivity index (χ2v) is 9.13. The third kappa shape index (κ3) is 6.11. The van der Waals surface area contributed by atoms with Crippen LogP contribution < -0.4 is 15.0 Å². The molecule has 192 valence electrons. The Labute approximate surface area is 215 Å². The number of hydrogen-bond donors (Lipinski definition) is 1. The van der Waals surface area contributed by atoms with Crippen LogP contribution in [0.3, 0.4) is 0 Å². The molecule has 4 aromatic rings. The fourth-order valence-electron chi connectivity index (χ4n) is 4.06. The van der Waals surface area contributed by atoms with E-state index in [0.717, 1.165) is 6.42 Å². The molecule has 0 saturated heterocycles. The van der Waals surface area contributed by atoms with Gasteiger partial charge in [0.1, 0.15) is 29.7 Å². The van der Waals surface area contributed by atoms with Gasteiger partial charge in [-0.05, 0) is 66.4 Å². The Hall–Kier alpha value is -4.27. The molecule has 0 fully saturated rings. The zero-order chi connectivity index (χ0) is 26.4. The molecule has 0 saturated carbocycles. The highest BCUT2D eigenvalue weighted by Crippen LogP contribution is 2.30. The molecule has 1 heterocycles. The van der Waals surface area contributed by atoms with Gasteiger partial charge < -0.3 is 10.1 Å². The number of nitrogens with zero attached hydrogens (tertiary/aromatic N) is 4. The number of ether oxygens (including phenoxy) is 1. The Bertz CT molecular complexity index is 1350. The van der Waals surface area contributed by atoms with Crippen molar-refractivity contribution in [2.75, 3.05) is 18.6 Å². The molecule has 0 radical (unpaired) electrons. The van der Waals surface area contributed by atoms with Crippen LogP contribution in [0.5, 0.6) is 5.75 Å². The highest BCUT2D eigenvalue weighted by molar-refractivity contribution is 6.01. The summed E-state index contributed by atoms with van der Waals surface area (Å²) >= 11 is 0. The number of hydrogen-bond acceptors (Lipinski definition) is 5. The Kier molecular flexibility index (Phi) is 8.12. The van der Waals surface area contributed by atoms with Crippen molar-refractivity contribution in [3.63, 3.8) is 0 Å². The number of halogens is 1. The van der Waals surface area contributed by atoms with Crippen LogP contribution in [0.1, 0.15) is 31.9 Å². The van der Waals surface area contributed by atoms with Gasteiger partial charge in [0, 0.05) is 12.2 Å². The maximum atomic E-state index is 13.9. The van der Waals surface area contributed by atoms with Crippen LogP contribution in [0.4, 0.5) is 10.1 Å². The van der Waals surface area contributed by atoms with Crippen LogP contribution in [0.25, 0.3) is 11.0 Å². The molecule has 0 unspecified atom stereocenters. The van der Waals surface area contributed by atoms with Crippen LogP contribution in [0, 0.1) is 11.7 Å². The minimum atomic E-state index is -1.04. The first kappa shape index (κ1) is 25.8. The largest absolute Gasteiger partial charge is 0.497 e. The van der Waals surface area contributed by atoms with Gasteiger partial charge in [-0.15, -0.1) is 5.10 Å². The smallest absolute Gasteiger partial charge is 0.249 e.